The number of hydrogen-bond donors (Lipinski definition) is 2. The molecule has 5 heteroatoms. The summed E-state index contributed by atoms with van der Waals surface area (Å²) >= 11 is 0. The average Bonchev–Trinajstić information content (AvgIpc) is 3.19. The second kappa shape index (κ2) is 9.28. The minimum Gasteiger partial charge on any atom is -0.467 e. The Labute approximate surface area is 149 Å². The standard InChI is InChI=1S/C20H27N3O2/c1-21-20(22-15-18-8-5-11-25-18)23-19(17-6-3-2-4-7-17)14-16-9-12-24-13-10-16/h2-8,11,16,19H,9-10,12-15H2,1H3,(H2,21,22,23). The van der Waals surface area contributed by atoms with Crippen molar-refractivity contribution in [2.24, 2.45) is 10.9 Å². The van der Waals surface area contributed by atoms with Gasteiger partial charge in [-0.2, -0.15) is 0 Å². The van der Waals surface area contributed by atoms with Crippen LogP contribution in [0.5, 0.6) is 0 Å². The van der Waals surface area contributed by atoms with Crippen molar-refractivity contribution in [1.82, 2.24) is 10.6 Å². The highest BCUT2D eigenvalue weighted by atomic mass is 16.5. The van der Waals surface area contributed by atoms with Crippen LogP contribution in [0, 0.1) is 5.92 Å². The first kappa shape index (κ1) is 17.5. The summed E-state index contributed by atoms with van der Waals surface area (Å²) in [4.78, 5) is 4.37. The van der Waals surface area contributed by atoms with Gasteiger partial charge in [-0.25, -0.2) is 0 Å². The number of furan rings is 1. The van der Waals surface area contributed by atoms with Crippen LogP contribution in [-0.2, 0) is 11.3 Å². The summed E-state index contributed by atoms with van der Waals surface area (Å²) < 4.78 is 10.9. The van der Waals surface area contributed by atoms with Crippen molar-refractivity contribution < 1.29 is 9.15 Å². The van der Waals surface area contributed by atoms with Gasteiger partial charge in [-0.1, -0.05) is 30.3 Å². The number of hydrogen-bond acceptors (Lipinski definition) is 3. The van der Waals surface area contributed by atoms with Gasteiger partial charge in [-0.05, 0) is 42.9 Å². The molecule has 1 aliphatic heterocycles. The molecule has 1 atom stereocenters. The van der Waals surface area contributed by atoms with Gasteiger partial charge in [0.2, 0.25) is 0 Å². The molecular weight excluding hydrogens is 314 g/mol. The van der Waals surface area contributed by atoms with Crippen LogP contribution in [0.2, 0.25) is 0 Å². The predicted octanol–water partition coefficient (Wildman–Crippen LogP) is 3.50. The fraction of sp³-hybridized carbons (Fsp3) is 0.450. The zero-order valence-corrected chi connectivity index (χ0v) is 14.8. The first-order chi connectivity index (χ1) is 12.3. The minimum atomic E-state index is 0.229. The van der Waals surface area contributed by atoms with E-state index in [2.05, 4.69) is 46.0 Å². The molecule has 1 fully saturated rings. The molecule has 25 heavy (non-hydrogen) atoms. The molecule has 2 aromatic rings. The first-order valence-corrected chi connectivity index (χ1v) is 8.97. The van der Waals surface area contributed by atoms with Crippen LogP contribution in [0.4, 0.5) is 0 Å². The molecule has 1 saturated heterocycles. The van der Waals surface area contributed by atoms with E-state index in [4.69, 9.17) is 9.15 Å². The van der Waals surface area contributed by atoms with Crippen LogP contribution in [-0.4, -0.2) is 26.2 Å². The van der Waals surface area contributed by atoms with Crippen LogP contribution in [0.25, 0.3) is 0 Å². The minimum absolute atomic E-state index is 0.229. The lowest BCUT2D eigenvalue weighted by atomic mass is 9.89. The molecule has 2 N–H and O–H groups in total. The third kappa shape index (κ3) is 5.36. The molecule has 1 unspecified atom stereocenters. The number of nitrogens with zero attached hydrogens (tertiary/aromatic N) is 1. The van der Waals surface area contributed by atoms with Crippen molar-refractivity contribution in [2.45, 2.75) is 31.8 Å². The molecule has 0 bridgehead atoms. The monoisotopic (exact) mass is 341 g/mol. The van der Waals surface area contributed by atoms with E-state index in [0.717, 1.165) is 44.2 Å². The number of ether oxygens (including phenoxy) is 1. The maximum absolute atomic E-state index is 5.50. The Balaban J connectivity index is 1.64. The van der Waals surface area contributed by atoms with E-state index in [1.54, 1.807) is 13.3 Å². The van der Waals surface area contributed by atoms with E-state index in [1.165, 1.54) is 5.56 Å². The van der Waals surface area contributed by atoms with E-state index in [9.17, 15) is 0 Å². The van der Waals surface area contributed by atoms with Crippen molar-refractivity contribution in [2.75, 3.05) is 20.3 Å². The van der Waals surface area contributed by atoms with Crippen molar-refractivity contribution >= 4 is 5.96 Å². The van der Waals surface area contributed by atoms with Crippen molar-refractivity contribution in [3.8, 4) is 0 Å². The molecule has 1 aromatic heterocycles. The number of benzene rings is 1. The highest BCUT2D eigenvalue weighted by molar-refractivity contribution is 5.80. The number of rotatable bonds is 6. The lowest BCUT2D eigenvalue weighted by molar-refractivity contribution is 0.0611. The summed E-state index contributed by atoms with van der Waals surface area (Å²) in [5, 5.41) is 6.92. The van der Waals surface area contributed by atoms with Crippen molar-refractivity contribution in [3.63, 3.8) is 0 Å². The maximum Gasteiger partial charge on any atom is 0.191 e. The zero-order valence-electron chi connectivity index (χ0n) is 14.8. The lowest BCUT2D eigenvalue weighted by Crippen LogP contribution is -2.40. The molecule has 0 amide bonds. The SMILES string of the molecule is CN=C(NCc1ccco1)NC(CC1CCOCC1)c1ccccc1. The van der Waals surface area contributed by atoms with Gasteiger partial charge in [0, 0.05) is 20.3 Å². The van der Waals surface area contributed by atoms with E-state index in [-0.39, 0.29) is 6.04 Å². The van der Waals surface area contributed by atoms with E-state index >= 15 is 0 Å². The summed E-state index contributed by atoms with van der Waals surface area (Å²) in [5.41, 5.74) is 1.29. The van der Waals surface area contributed by atoms with E-state index in [0.29, 0.717) is 12.5 Å². The topological polar surface area (TPSA) is 58.8 Å². The largest absolute Gasteiger partial charge is 0.467 e. The Morgan fingerprint density at radius 3 is 2.64 bits per heavy atom. The van der Waals surface area contributed by atoms with Crippen LogP contribution in [0.1, 0.15) is 36.6 Å². The summed E-state index contributed by atoms with van der Waals surface area (Å²) in [5.74, 6) is 2.36. The summed E-state index contributed by atoms with van der Waals surface area (Å²) in [6.45, 7) is 2.36. The van der Waals surface area contributed by atoms with Gasteiger partial charge in [-0.3, -0.25) is 4.99 Å². The van der Waals surface area contributed by atoms with Crippen molar-refractivity contribution in [3.05, 3.63) is 60.1 Å². The Kier molecular flexibility index (Phi) is 6.51. The van der Waals surface area contributed by atoms with Gasteiger partial charge in [0.15, 0.2) is 5.96 Å². The third-order valence-corrected chi connectivity index (χ3v) is 4.66. The highest BCUT2D eigenvalue weighted by Gasteiger charge is 2.21. The van der Waals surface area contributed by atoms with Gasteiger partial charge >= 0.3 is 0 Å². The molecule has 1 aromatic carbocycles. The number of guanidine groups is 1. The molecule has 0 aliphatic carbocycles. The van der Waals surface area contributed by atoms with Crippen molar-refractivity contribution in [1.29, 1.82) is 0 Å². The van der Waals surface area contributed by atoms with E-state index in [1.807, 2.05) is 12.1 Å². The Bertz CT molecular complexity index is 634. The smallest absolute Gasteiger partial charge is 0.191 e. The molecular formula is C20H27N3O2. The molecule has 5 nitrogen and oxygen atoms in total. The predicted molar refractivity (Wildman–Crippen MR) is 99.4 cm³/mol. The molecule has 134 valence electrons. The van der Waals surface area contributed by atoms with Gasteiger partial charge < -0.3 is 19.8 Å². The van der Waals surface area contributed by atoms with Crippen LogP contribution >= 0.6 is 0 Å². The van der Waals surface area contributed by atoms with Crippen LogP contribution in [0.3, 0.4) is 0 Å². The maximum atomic E-state index is 5.50. The van der Waals surface area contributed by atoms with Gasteiger partial charge in [0.1, 0.15) is 5.76 Å². The first-order valence-electron chi connectivity index (χ1n) is 8.97. The number of aliphatic imine (C=N–C) groups is 1. The van der Waals surface area contributed by atoms with Crippen LogP contribution < -0.4 is 10.6 Å². The summed E-state index contributed by atoms with van der Waals surface area (Å²) in [7, 11) is 1.80. The van der Waals surface area contributed by atoms with Gasteiger partial charge in [0.25, 0.3) is 0 Å². The zero-order chi connectivity index (χ0) is 17.3. The Morgan fingerprint density at radius 2 is 1.96 bits per heavy atom. The van der Waals surface area contributed by atoms with Gasteiger partial charge in [0.05, 0.1) is 18.8 Å². The Hall–Kier alpha value is -2.27. The highest BCUT2D eigenvalue weighted by Crippen LogP contribution is 2.27. The third-order valence-electron chi connectivity index (χ3n) is 4.66. The second-order valence-corrected chi connectivity index (χ2v) is 6.40. The number of nitrogens with one attached hydrogen (secondary N) is 2. The normalized spacial score (nSPS) is 17.2. The van der Waals surface area contributed by atoms with Crippen LogP contribution in [0.15, 0.2) is 58.1 Å². The fourth-order valence-electron chi connectivity index (χ4n) is 3.22. The summed E-state index contributed by atoms with van der Waals surface area (Å²) in [6.07, 6.45) is 5.02. The lowest BCUT2D eigenvalue weighted by Gasteiger charge is -2.28. The average molecular weight is 341 g/mol. The molecule has 0 spiro atoms. The molecule has 2 heterocycles. The molecule has 1 aliphatic rings. The Morgan fingerprint density at radius 1 is 1.16 bits per heavy atom. The summed E-state index contributed by atoms with van der Waals surface area (Å²) in [6, 6.07) is 14.7. The molecule has 0 saturated carbocycles. The van der Waals surface area contributed by atoms with E-state index < -0.39 is 0 Å². The van der Waals surface area contributed by atoms with Gasteiger partial charge in [-0.15, -0.1) is 0 Å². The quantitative estimate of drug-likeness (QED) is 0.624. The fourth-order valence-corrected chi connectivity index (χ4v) is 3.22. The second-order valence-electron chi connectivity index (χ2n) is 6.40. The molecule has 0 radical (unpaired) electrons. The molecule has 3 rings (SSSR count).